The van der Waals surface area contributed by atoms with E-state index in [0.717, 1.165) is 18.1 Å². The van der Waals surface area contributed by atoms with Crippen LogP contribution in [0.25, 0.3) is 0 Å². The highest BCUT2D eigenvalue weighted by Gasteiger charge is 2.24. The highest BCUT2D eigenvalue weighted by Crippen LogP contribution is 2.37. The first-order valence-corrected chi connectivity index (χ1v) is 7.33. The molecule has 2 aliphatic rings. The van der Waals surface area contributed by atoms with E-state index in [1.165, 1.54) is 44.1 Å². The standard InChI is InChI=1S/C16H23NO/c17-16(10-12-8-9-12)13-4-3-7-15(11-13)18-14-5-1-2-6-14/h3-4,7,11-12,14,16H,1-2,5-6,8-10,17H2/t16-/m0/s1. The van der Waals surface area contributed by atoms with E-state index in [9.17, 15) is 0 Å². The molecule has 0 saturated heterocycles. The molecule has 0 unspecified atom stereocenters. The molecule has 18 heavy (non-hydrogen) atoms. The van der Waals surface area contributed by atoms with E-state index in [-0.39, 0.29) is 6.04 Å². The molecule has 2 fully saturated rings. The third-order valence-electron chi connectivity index (χ3n) is 4.18. The van der Waals surface area contributed by atoms with Gasteiger partial charge >= 0.3 is 0 Å². The molecule has 1 aromatic rings. The monoisotopic (exact) mass is 245 g/mol. The smallest absolute Gasteiger partial charge is 0.120 e. The Morgan fingerprint density at radius 2 is 1.94 bits per heavy atom. The van der Waals surface area contributed by atoms with Crippen LogP contribution in [0.4, 0.5) is 0 Å². The zero-order valence-corrected chi connectivity index (χ0v) is 11.0. The maximum absolute atomic E-state index is 6.26. The van der Waals surface area contributed by atoms with Crippen LogP contribution in [-0.2, 0) is 0 Å². The molecule has 2 saturated carbocycles. The molecular formula is C16H23NO. The number of nitrogens with two attached hydrogens (primary N) is 1. The predicted octanol–water partition coefficient (Wildman–Crippen LogP) is 3.81. The summed E-state index contributed by atoms with van der Waals surface area (Å²) >= 11 is 0. The molecule has 1 aromatic carbocycles. The van der Waals surface area contributed by atoms with Crippen LogP contribution in [0.2, 0.25) is 0 Å². The zero-order valence-electron chi connectivity index (χ0n) is 11.0. The summed E-state index contributed by atoms with van der Waals surface area (Å²) in [5.41, 5.74) is 7.49. The Labute approximate surface area is 110 Å². The van der Waals surface area contributed by atoms with Gasteiger partial charge in [-0.05, 0) is 55.7 Å². The predicted molar refractivity (Wildman–Crippen MR) is 73.6 cm³/mol. The number of hydrogen-bond donors (Lipinski definition) is 1. The fraction of sp³-hybridized carbons (Fsp3) is 0.625. The van der Waals surface area contributed by atoms with Crippen LogP contribution in [0.1, 0.15) is 56.6 Å². The van der Waals surface area contributed by atoms with Crippen LogP contribution in [0.5, 0.6) is 5.75 Å². The fourth-order valence-electron chi connectivity index (χ4n) is 2.87. The Morgan fingerprint density at radius 1 is 1.17 bits per heavy atom. The average Bonchev–Trinajstić information content (AvgIpc) is 3.04. The van der Waals surface area contributed by atoms with Gasteiger partial charge in [0.25, 0.3) is 0 Å². The molecule has 0 aliphatic heterocycles. The van der Waals surface area contributed by atoms with Gasteiger partial charge in [-0.25, -0.2) is 0 Å². The van der Waals surface area contributed by atoms with Gasteiger partial charge in [-0.15, -0.1) is 0 Å². The van der Waals surface area contributed by atoms with E-state index >= 15 is 0 Å². The molecule has 0 bridgehead atoms. The van der Waals surface area contributed by atoms with Crippen molar-refractivity contribution in [1.82, 2.24) is 0 Å². The van der Waals surface area contributed by atoms with Crippen LogP contribution in [0.15, 0.2) is 24.3 Å². The second-order valence-corrected chi connectivity index (χ2v) is 5.88. The lowest BCUT2D eigenvalue weighted by Crippen LogP contribution is -2.13. The van der Waals surface area contributed by atoms with Crippen molar-refractivity contribution in [2.75, 3.05) is 0 Å². The summed E-state index contributed by atoms with van der Waals surface area (Å²) in [6, 6.07) is 8.60. The Morgan fingerprint density at radius 3 is 2.67 bits per heavy atom. The molecule has 2 nitrogen and oxygen atoms in total. The van der Waals surface area contributed by atoms with Crippen molar-refractivity contribution in [3.63, 3.8) is 0 Å². The topological polar surface area (TPSA) is 35.2 Å². The fourth-order valence-corrected chi connectivity index (χ4v) is 2.87. The van der Waals surface area contributed by atoms with E-state index in [2.05, 4.69) is 24.3 Å². The normalized spacial score (nSPS) is 22.1. The van der Waals surface area contributed by atoms with Crippen LogP contribution < -0.4 is 10.5 Å². The van der Waals surface area contributed by atoms with Crippen LogP contribution >= 0.6 is 0 Å². The molecule has 0 aromatic heterocycles. The Kier molecular flexibility index (Phi) is 3.55. The van der Waals surface area contributed by atoms with Gasteiger partial charge in [0.2, 0.25) is 0 Å². The molecule has 1 atom stereocenters. The summed E-state index contributed by atoms with van der Waals surface area (Å²) in [5.74, 6) is 1.88. The summed E-state index contributed by atoms with van der Waals surface area (Å²) in [6.07, 6.45) is 9.33. The van der Waals surface area contributed by atoms with Crippen LogP contribution in [0.3, 0.4) is 0 Å². The molecule has 0 heterocycles. The maximum atomic E-state index is 6.26. The lowest BCUT2D eigenvalue weighted by Gasteiger charge is -2.16. The molecule has 98 valence electrons. The summed E-state index contributed by atoms with van der Waals surface area (Å²) in [7, 11) is 0. The largest absolute Gasteiger partial charge is 0.490 e. The van der Waals surface area contributed by atoms with Gasteiger partial charge in [-0.1, -0.05) is 25.0 Å². The summed E-state index contributed by atoms with van der Waals surface area (Å²) in [5, 5.41) is 0. The Balaban J connectivity index is 1.63. The number of ether oxygens (including phenoxy) is 1. The SMILES string of the molecule is N[C@@H](CC1CC1)c1cccc(OC2CCCC2)c1. The molecule has 0 spiro atoms. The van der Waals surface area contributed by atoms with Gasteiger partial charge < -0.3 is 10.5 Å². The van der Waals surface area contributed by atoms with Gasteiger partial charge in [-0.3, -0.25) is 0 Å². The van der Waals surface area contributed by atoms with E-state index in [1.807, 2.05) is 0 Å². The quantitative estimate of drug-likeness (QED) is 0.856. The number of hydrogen-bond acceptors (Lipinski definition) is 2. The second-order valence-electron chi connectivity index (χ2n) is 5.88. The lowest BCUT2D eigenvalue weighted by atomic mass is 10.0. The molecule has 2 heteroatoms. The summed E-state index contributed by atoms with van der Waals surface area (Å²) in [4.78, 5) is 0. The van der Waals surface area contributed by atoms with Crippen molar-refractivity contribution in [2.45, 2.75) is 57.1 Å². The Hall–Kier alpha value is -1.02. The summed E-state index contributed by atoms with van der Waals surface area (Å²) in [6.45, 7) is 0. The molecular weight excluding hydrogens is 222 g/mol. The third-order valence-corrected chi connectivity index (χ3v) is 4.18. The van der Waals surface area contributed by atoms with Crippen molar-refractivity contribution in [1.29, 1.82) is 0 Å². The Bertz CT molecular complexity index is 394. The maximum Gasteiger partial charge on any atom is 0.120 e. The molecule has 2 N–H and O–H groups in total. The van der Waals surface area contributed by atoms with Gasteiger partial charge in [0.15, 0.2) is 0 Å². The number of benzene rings is 1. The van der Waals surface area contributed by atoms with Gasteiger partial charge in [0, 0.05) is 6.04 Å². The first kappa shape index (κ1) is 12.0. The first-order chi connectivity index (χ1) is 8.81. The minimum absolute atomic E-state index is 0.185. The molecule has 0 amide bonds. The third kappa shape index (κ3) is 3.05. The second kappa shape index (κ2) is 5.31. The number of rotatable bonds is 5. The molecule has 2 aliphatic carbocycles. The lowest BCUT2D eigenvalue weighted by molar-refractivity contribution is 0.209. The molecule has 0 radical (unpaired) electrons. The van der Waals surface area contributed by atoms with E-state index < -0.39 is 0 Å². The van der Waals surface area contributed by atoms with Gasteiger partial charge in [-0.2, -0.15) is 0 Å². The van der Waals surface area contributed by atoms with E-state index in [1.54, 1.807) is 0 Å². The minimum atomic E-state index is 0.185. The molecule has 3 rings (SSSR count). The first-order valence-electron chi connectivity index (χ1n) is 7.33. The summed E-state index contributed by atoms with van der Waals surface area (Å²) < 4.78 is 6.03. The van der Waals surface area contributed by atoms with E-state index in [0.29, 0.717) is 6.10 Å². The van der Waals surface area contributed by atoms with E-state index in [4.69, 9.17) is 10.5 Å². The van der Waals surface area contributed by atoms with Crippen molar-refractivity contribution >= 4 is 0 Å². The highest BCUT2D eigenvalue weighted by atomic mass is 16.5. The highest BCUT2D eigenvalue weighted by molar-refractivity contribution is 5.30. The van der Waals surface area contributed by atoms with Gasteiger partial charge in [0.1, 0.15) is 5.75 Å². The van der Waals surface area contributed by atoms with Crippen LogP contribution in [0, 0.1) is 5.92 Å². The van der Waals surface area contributed by atoms with Crippen LogP contribution in [-0.4, -0.2) is 6.10 Å². The van der Waals surface area contributed by atoms with Crippen molar-refractivity contribution in [2.24, 2.45) is 11.7 Å². The average molecular weight is 245 g/mol. The van der Waals surface area contributed by atoms with Crippen molar-refractivity contribution in [3.05, 3.63) is 29.8 Å². The van der Waals surface area contributed by atoms with Crippen molar-refractivity contribution < 1.29 is 4.74 Å². The van der Waals surface area contributed by atoms with Gasteiger partial charge in [0.05, 0.1) is 6.10 Å². The zero-order chi connectivity index (χ0) is 12.4. The van der Waals surface area contributed by atoms with Crippen molar-refractivity contribution in [3.8, 4) is 5.75 Å². The minimum Gasteiger partial charge on any atom is -0.490 e.